The summed E-state index contributed by atoms with van der Waals surface area (Å²) in [6, 6.07) is 15.8. The number of hydrogen-bond acceptors (Lipinski definition) is 7. The first kappa shape index (κ1) is 31.5. The molecule has 5 aromatic rings. The van der Waals surface area contributed by atoms with Crippen molar-refractivity contribution in [1.29, 1.82) is 0 Å². The average Bonchev–Trinajstić information content (AvgIpc) is 3.40. The second-order valence-corrected chi connectivity index (χ2v) is 11.8. The van der Waals surface area contributed by atoms with E-state index in [9.17, 15) is 18.0 Å². The fraction of sp³-hybridized carbons (Fsp3) is 0.273. The highest BCUT2D eigenvalue weighted by molar-refractivity contribution is 6.30. The minimum atomic E-state index is -4.58. The zero-order chi connectivity index (χ0) is 32.6. The monoisotopic (exact) mass is 649 g/mol. The molecular formula is C33H31ClF3N7O2. The fourth-order valence-corrected chi connectivity index (χ4v) is 5.39. The first-order valence-corrected chi connectivity index (χ1v) is 15.0. The Morgan fingerprint density at radius 3 is 2.43 bits per heavy atom. The lowest BCUT2D eigenvalue weighted by atomic mass is 10.0. The first-order valence-electron chi connectivity index (χ1n) is 14.6. The van der Waals surface area contributed by atoms with Gasteiger partial charge in [-0.1, -0.05) is 23.7 Å². The van der Waals surface area contributed by atoms with Crippen LogP contribution >= 0.6 is 11.6 Å². The molecule has 0 unspecified atom stereocenters. The molecule has 238 valence electrons. The van der Waals surface area contributed by atoms with Gasteiger partial charge in [0.25, 0.3) is 5.91 Å². The molecule has 1 aliphatic rings. The van der Waals surface area contributed by atoms with E-state index in [2.05, 4.69) is 25.3 Å². The van der Waals surface area contributed by atoms with E-state index in [1.807, 2.05) is 18.9 Å². The molecule has 6 rings (SSSR count). The first-order chi connectivity index (χ1) is 21.9. The number of piperazine rings is 1. The molecule has 0 saturated carbocycles. The lowest BCUT2D eigenvalue weighted by molar-refractivity contribution is -0.138. The summed E-state index contributed by atoms with van der Waals surface area (Å²) in [5, 5.41) is 8.05. The molecule has 0 atom stereocenters. The Morgan fingerprint density at radius 1 is 0.978 bits per heavy atom. The molecule has 1 aliphatic heterocycles. The second kappa shape index (κ2) is 12.7. The zero-order valence-electron chi connectivity index (χ0n) is 25.4. The number of rotatable bonds is 7. The highest BCUT2D eigenvalue weighted by Crippen LogP contribution is 2.36. The normalized spacial score (nSPS) is 14.5. The van der Waals surface area contributed by atoms with E-state index in [1.165, 1.54) is 18.2 Å². The van der Waals surface area contributed by atoms with Crippen LogP contribution in [0.3, 0.4) is 0 Å². The van der Waals surface area contributed by atoms with E-state index in [0.29, 0.717) is 46.3 Å². The Labute approximate surface area is 268 Å². The minimum absolute atomic E-state index is 0.0444. The molecule has 1 fully saturated rings. The molecule has 0 bridgehead atoms. The van der Waals surface area contributed by atoms with Gasteiger partial charge in [-0.2, -0.15) is 23.3 Å². The summed E-state index contributed by atoms with van der Waals surface area (Å²) >= 11 is 6.06. The quantitative estimate of drug-likeness (QED) is 0.207. The van der Waals surface area contributed by atoms with Crippen molar-refractivity contribution in [2.45, 2.75) is 19.6 Å². The number of amides is 1. The number of aromatic nitrogens is 4. The van der Waals surface area contributed by atoms with Crippen molar-refractivity contribution in [2.24, 2.45) is 7.05 Å². The topological polar surface area (TPSA) is 88.4 Å². The molecule has 46 heavy (non-hydrogen) atoms. The number of benzene rings is 3. The predicted octanol–water partition coefficient (Wildman–Crippen LogP) is 6.80. The summed E-state index contributed by atoms with van der Waals surface area (Å²) in [5.74, 6) is 0.387. The zero-order valence-corrected chi connectivity index (χ0v) is 26.2. The number of carbonyl (C=O) groups excluding carboxylic acids is 1. The van der Waals surface area contributed by atoms with Crippen molar-refractivity contribution in [3.63, 3.8) is 0 Å². The summed E-state index contributed by atoms with van der Waals surface area (Å²) < 4.78 is 50.2. The second-order valence-electron chi connectivity index (χ2n) is 11.4. The Balaban J connectivity index is 1.25. The van der Waals surface area contributed by atoms with Gasteiger partial charge < -0.3 is 15.0 Å². The number of carbonyl (C=O) groups is 1. The van der Waals surface area contributed by atoms with Crippen LogP contribution in [0, 0.1) is 6.92 Å². The molecule has 13 heteroatoms. The van der Waals surface area contributed by atoms with Crippen LogP contribution in [0.4, 0.5) is 18.9 Å². The number of likely N-dealkylation sites (N-methyl/N-ethyl adjacent to an activating group) is 1. The van der Waals surface area contributed by atoms with Gasteiger partial charge in [0.1, 0.15) is 11.1 Å². The maximum atomic E-state index is 14.1. The van der Waals surface area contributed by atoms with Gasteiger partial charge in [-0.3, -0.25) is 14.4 Å². The number of nitrogens with one attached hydrogen (secondary N) is 1. The summed E-state index contributed by atoms with van der Waals surface area (Å²) in [5.41, 5.74) is 1.62. The van der Waals surface area contributed by atoms with Crippen molar-refractivity contribution in [3.8, 4) is 23.0 Å². The number of halogens is 4. The third-order valence-electron chi connectivity index (χ3n) is 7.98. The molecule has 3 aromatic carbocycles. The Kier molecular flexibility index (Phi) is 8.69. The molecule has 1 amide bonds. The smallest absolute Gasteiger partial charge is 0.416 e. The van der Waals surface area contributed by atoms with Crippen LogP contribution in [0.1, 0.15) is 27.0 Å². The minimum Gasteiger partial charge on any atom is -0.438 e. The lowest BCUT2D eigenvalue weighted by Crippen LogP contribution is -2.44. The van der Waals surface area contributed by atoms with E-state index in [4.69, 9.17) is 16.3 Å². The van der Waals surface area contributed by atoms with Crippen LogP contribution in [-0.4, -0.2) is 68.7 Å². The summed E-state index contributed by atoms with van der Waals surface area (Å²) in [4.78, 5) is 26.7. The predicted molar refractivity (Wildman–Crippen MR) is 170 cm³/mol. The van der Waals surface area contributed by atoms with Gasteiger partial charge in [0.05, 0.1) is 11.8 Å². The number of hydrogen-bond donors (Lipinski definition) is 1. The SMILES string of the molecule is Cc1ccc(C(=O)Nc2ccc(CN3CCN(C)CC3)c(C(F)(F)F)c2)cc1Oc1nc(-c2ccc(Cl)cc2)nc2c1cnn2C. The maximum Gasteiger partial charge on any atom is 0.416 e. The molecular weight excluding hydrogens is 619 g/mol. The van der Waals surface area contributed by atoms with Gasteiger partial charge in [-0.05, 0) is 73.6 Å². The Morgan fingerprint density at radius 2 is 1.72 bits per heavy atom. The van der Waals surface area contributed by atoms with Crippen LogP contribution in [0.5, 0.6) is 11.6 Å². The van der Waals surface area contributed by atoms with Crippen LogP contribution in [0.25, 0.3) is 22.4 Å². The van der Waals surface area contributed by atoms with Crippen molar-refractivity contribution in [3.05, 3.63) is 94.1 Å². The number of anilines is 1. The van der Waals surface area contributed by atoms with Crippen molar-refractivity contribution in [2.75, 3.05) is 38.5 Å². The molecule has 0 radical (unpaired) electrons. The molecule has 2 aromatic heterocycles. The summed E-state index contributed by atoms with van der Waals surface area (Å²) in [6.07, 6.45) is -2.98. The third kappa shape index (κ3) is 6.84. The van der Waals surface area contributed by atoms with Gasteiger partial charge in [-0.25, -0.2) is 4.98 Å². The van der Waals surface area contributed by atoms with Crippen molar-refractivity contribution in [1.82, 2.24) is 29.5 Å². The van der Waals surface area contributed by atoms with Gasteiger partial charge in [0.15, 0.2) is 11.5 Å². The lowest BCUT2D eigenvalue weighted by Gasteiger charge is -2.33. The highest BCUT2D eigenvalue weighted by atomic mass is 35.5. The van der Waals surface area contributed by atoms with Gasteiger partial charge in [0, 0.05) is 61.6 Å². The number of ether oxygens (including phenoxy) is 1. The molecule has 0 spiro atoms. The molecule has 0 aliphatic carbocycles. The van der Waals surface area contributed by atoms with Crippen LogP contribution < -0.4 is 10.1 Å². The van der Waals surface area contributed by atoms with Crippen LogP contribution in [0.15, 0.2) is 66.9 Å². The number of nitrogens with zero attached hydrogens (tertiary/aromatic N) is 6. The highest BCUT2D eigenvalue weighted by Gasteiger charge is 2.34. The standard InChI is InChI=1S/C33H31ClF3N7O2/c1-20-4-5-22(31(45)39-25-11-8-23(27(17-25)33(35,36)37)19-44-14-12-42(2)13-15-44)16-28(20)46-32-26-18-38-43(3)30(26)40-29(41-32)21-6-9-24(34)10-7-21/h4-11,16-18H,12-15,19H2,1-3H3,(H,39,45). The average molecular weight is 650 g/mol. The van der Waals surface area contributed by atoms with E-state index < -0.39 is 17.6 Å². The van der Waals surface area contributed by atoms with E-state index in [0.717, 1.165) is 24.7 Å². The molecule has 1 saturated heterocycles. The maximum absolute atomic E-state index is 14.1. The third-order valence-corrected chi connectivity index (χ3v) is 8.23. The Hall–Kier alpha value is -4.52. The van der Waals surface area contributed by atoms with E-state index >= 15 is 0 Å². The van der Waals surface area contributed by atoms with Crippen molar-refractivity contribution >= 4 is 34.2 Å². The molecule has 3 heterocycles. The van der Waals surface area contributed by atoms with E-state index in [-0.39, 0.29) is 29.2 Å². The van der Waals surface area contributed by atoms with Crippen LogP contribution in [0.2, 0.25) is 5.02 Å². The molecule has 9 nitrogen and oxygen atoms in total. The number of aryl methyl sites for hydroxylation is 2. The largest absolute Gasteiger partial charge is 0.438 e. The van der Waals surface area contributed by atoms with Crippen LogP contribution in [-0.2, 0) is 19.8 Å². The van der Waals surface area contributed by atoms with Gasteiger partial charge >= 0.3 is 6.18 Å². The van der Waals surface area contributed by atoms with Crippen molar-refractivity contribution < 1.29 is 22.7 Å². The van der Waals surface area contributed by atoms with E-state index in [1.54, 1.807) is 54.3 Å². The molecule has 1 N–H and O–H groups in total. The Bertz CT molecular complexity index is 1900. The number of fused-ring (bicyclic) bond motifs is 1. The fourth-order valence-electron chi connectivity index (χ4n) is 5.26. The van der Waals surface area contributed by atoms with Gasteiger partial charge in [0.2, 0.25) is 5.88 Å². The summed E-state index contributed by atoms with van der Waals surface area (Å²) in [7, 11) is 3.75. The summed E-state index contributed by atoms with van der Waals surface area (Å²) in [6.45, 7) is 4.97. The van der Waals surface area contributed by atoms with Gasteiger partial charge in [-0.15, -0.1) is 0 Å². The number of alkyl halides is 3.